The Labute approximate surface area is 108 Å². The van der Waals surface area contributed by atoms with Crippen molar-refractivity contribution in [1.29, 1.82) is 0 Å². The van der Waals surface area contributed by atoms with E-state index >= 15 is 0 Å². The number of nitrogens with zero attached hydrogens (tertiary/aromatic N) is 1. The molecule has 0 amide bonds. The number of fused-ring (bicyclic) bond motifs is 1. The number of aromatic hydroxyl groups is 1. The maximum absolute atomic E-state index is 9.45. The minimum absolute atomic E-state index is 0.284. The monoisotopic (exact) mass is 245 g/mol. The van der Waals surface area contributed by atoms with Crippen LogP contribution in [0.2, 0.25) is 0 Å². The average Bonchev–Trinajstić information content (AvgIpc) is 2.34. The summed E-state index contributed by atoms with van der Waals surface area (Å²) in [4.78, 5) is 2.14. The van der Waals surface area contributed by atoms with Gasteiger partial charge in [0.1, 0.15) is 11.5 Å². The number of rotatable bonds is 5. The van der Waals surface area contributed by atoms with Crippen LogP contribution in [0, 0.1) is 0 Å². The van der Waals surface area contributed by atoms with Crippen molar-refractivity contribution >= 4 is 10.8 Å². The van der Waals surface area contributed by atoms with Crippen molar-refractivity contribution < 1.29 is 9.84 Å². The molecule has 0 aliphatic heterocycles. The molecule has 18 heavy (non-hydrogen) atoms. The van der Waals surface area contributed by atoms with E-state index in [1.807, 2.05) is 24.3 Å². The Hall–Kier alpha value is -1.74. The van der Waals surface area contributed by atoms with Gasteiger partial charge in [0.15, 0.2) is 0 Å². The number of hydrogen-bond acceptors (Lipinski definition) is 3. The van der Waals surface area contributed by atoms with E-state index in [1.54, 1.807) is 12.1 Å². The lowest BCUT2D eigenvalue weighted by Gasteiger charge is -2.10. The first-order valence-electron chi connectivity index (χ1n) is 6.15. The molecule has 0 saturated carbocycles. The standard InChI is InChI=1S/C15H19NO2/c1-16(2)8-3-9-18-15-7-5-12-4-6-14(17)10-13(12)11-15/h4-7,10-11,17H,3,8-9H2,1-2H3. The molecule has 0 radical (unpaired) electrons. The first kappa shape index (κ1) is 12.7. The summed E-state index contributed by atoms with van der Waals surface area (Å²) in [5, 5.41) is 11.6. The second-order valence-electron chi connectivity index (χ2n) is 4.70. The van der Waals surface area contributed by atoms with Gasteiger partial charge in [-0.05, 0) is 55.6 Å². The van der Waals surface area contributed by atoms with Crippen LogP contribution in [-0.4, -0.2) is 37.3 Å². The molecule has 0 fully saturated rings. The fraction of sp³-hybridized carbons (Fsp3) is 0.333. The van der Waals surface area contributed by atoms with Crippen molar-refractivity contribution in [2.75, 3.05) is 27.2 Å². The van der Waals surface area contributed by atoms with E-state index in [0.717, 1.165) is 29.5 Å². The highest BCUT2D eigenvalue weighted by Crippen LogP contribution is 2.24. The highest BCUT2D eigenvalue weighted by Gasteiger charge is 1.99. The summed E-state index contributed by atoms with van der Waals surface area (Å²) in [6, 6.07) is 11.3. The number of hydrogen-bond donors (Lipinski definition) is 1. The van der Waals surface area contributed by atoms with Gasteiger partial charge < -0.3 is 14.7 Å². The summed E-state index contributed by atoms with van der Waals surface area (Å²) in [6.45, 7) is 1.73. The van der Waals surface area contributed by atoms with Crippen LogP contribution in [0.5, 0.6) is 11.5 Å². The van der Waals surface area contributed by atoms with E-state index < -0.39 is 0 Å². The van der Waals surface area contributed by atoms with Crippen molar-refractivity contribution in [1.82, 2.24) is 4.90 Å². The Balaban J connectivity index is 2.01. The number of phenols is 1. The van der Waals surface area contributed by atoms with Gasteiger partial charge in [-0.25, -0.2) is 0 Å². The van der Waals surface area contributed by atoms with Gasteiger partial charge in [-0.15, -0.1) is 0 Å². The van der Waals surface area contributed by atoms with Gasteiger partial charge in [0.25, 0.3) is 0 Å². The van der Waals surface area contributed by atoms with Crippen molar-refractivity contribution in [3.63, 3.8) is 0 Å². The summed E-state index contributed by atoms with van der Waals surface area (Å²) in [7, 11) is 4.11. The topological polar surface area (TPSA) is 32.7 Å². The molecule has 0 aliphatic rings. The maximum atomic E-state index is 9.45. The van der Waals surface area contributed by atoms with Gasteiger partial charge in [0.05, 0.1) is 6.61 Å². The molecule has 2 aromatic carbocycles. The highest BCUT2D eigenvalue weighted by molar-refractivity contribution is 5.85. The molecule has 0 aromatic heterocycles. The molecule has 2 aromatic rings. The Kier molecular flexibility index (Phi) is 4.05. The normalized spacial score (nSPS) is 11.1. The Morgan fingerprint density at radius 3 is 2.61 bits per heavy atom. The minimum Gasteiger partial charge on any atom is -0.508 e. The zero-order chi connectivity index (χ0) is 13.0. The smallest absolute Gasteiger partial charge is 0.119 e. The minimum atomic E-state index is 0.284. The van der Waals surface area contributed by atoms with E-state index in [-0.39, 0.29) is 5.75 Å². The predicted molar refractivity (Wildman–Crippen MR) is 74.3 cm³/mol. The molecule has 3 heteroatoms. The highest BCUT2D eigenvalue weighted by atomic mass is 16.5. The van der Waals surface area contributed by atoms with Gasteiger partial charge in [-0.1, -0.05) is 12.1 Å². The SMILES string of the molecule is CN(C)CCCOc1ccc2ccc(O)cc2c1. The van der Waals surface area contributed by atoms with Crippen LogP contribution >= 0.6 is 0 Å². The molecule has 3 nitrogen and oxygen atoms in total. The van der Waals surface area contributed by atoms with Crippen molar-refractivity contribution in [2.45, 2.75) is 6.42 Å². The average molecular weight is 245 g/mol. The quantitative estimate of drug-likeness (QED) is 0.822. The Morgan fingerprint density at radius 2 is 1.83 bits per heavy atom. The van der Waals surface area contributed by atoms with E-state index in [0.29, 0.717) is 6.61 Å². The van der Waals surface area contributed by atoms with Gasteiger partial charge in [0, 0.05) is 6.54 Å². The molecule has 0 saturated heterocycles. The summed E-state index contributed by atoms with van der Waals surface area (Å²) in [5.74, 6) is 1.14. The third-order valence-electron chi connectivity index (χ3n) is 2.81. The second kappa shape index (κ2) is 5.74. The van der Waals surface area contributed by atoms with Crippen LogP contribution in [0.25, 0.3) is 10.8 Å². The molecule has 0 aliphatic carbocycles. The largest absolute Gasteiger partial charge is 0.508 e. The molecule has 96 valence electrons. The van der Waals surface area contributed by atoms with Gasteiger partial charge in [-0.2, -0.15) is 0 Å². The Morgan fingerprint density at radius 1 is 1.06 bits per heavy atom. The molecule has 0 heterocycles. The summed E-state index contributed by atoms with van der Waals surface area (Å²) < 4.78 is 5.70. The van der Waals surface area contributed by atoms with Crippen LogP contribution in [0.4, 0.5) is 0 Å². The third kappa shape index (κ3) is 3.37. The summed E-state index contributed by atoms with van der Waals surface area (Å²) in [5.41, 5.74) is 0. The lowest BCUT2D eigenvalue weighted by atomic mass is 10.1. The summed E-state index contributed by atoms with van der Waals surface area (Å²) in [6.07, 6.45) is 1.01. The van der Waals surface area contributed by atoms with Gasteiger partial charge in [-0.3, -0.25) is 0 Å². The number of phenolic OH excluding ortho intramolecular Hbond substituents is 1. The lowest BCUT2D eigenvalue weighted by Crippen LogP contribution is -2.15. The number of ether oxygens (including phenoxy) is 1. The van der Waals surface area contributed by atoms with Crippen LogP contribution in [0.3, 0.4) is 0 Å². The first-order chi connectivity index (χ1) is 8.65. The zero-order valence-electron chi connectivity index (χ0n) is 10.9. The van der Waals surface area contributed by atoms with Crippen LogP contribution in [0.1, 0.15) is 6.42 Å². The molecule has 0 unspecified atom stereocenters. The number of benzene rings is 2. The van der Waals surface area contributed by atoms with Crippen molar-refractivity contribution in [2.24, 2.45) is 0 Å². The molecule has 0 bridgehead atoms. The predicted octanol–water partition coefficient (Wildman–Crippen LogP) is 2.88. The maximum Gasteiger partial charge on any atom is 0.119 e. The molecule has 0 spiro atoms. The van der Waals surface area contributed by atoms with Crippen LogP contribution in [0.15, 0.2) is 36.4 Å². The molecular weight excluding hydrogens is 226 g/mol. The van der Waals surface area contributed by atoms with E-state index in [2.05, 4.69) is 19.0 Å². The van der Waals surface area contributed by atoms with Crippen molar-refractivity contribution in [3.8, 4) is 11.5 Å². The molecule has 1 N–H and O–H groups in total. The lowest BCUT2D eigenvalue weighted by molar-refractivity contribution is 0.282. The molecular formula is C15H19NO2. The molecule has 2 rings (SSSR count). The summed E-state index contributed by atoms with van der Waals surface area (Å²) >= 11 is 0. The third-order valence-corrected chi connectivity index (χ3v) is 2.81. The van der Waals surface area contributed by atoms with Crippen molar-refractivity contribution in [3.05, 3.63) is 36.4 Å². The first-order valence-corrected chi connectivity index (χ1v) is 6.15. The fourth-order valence-electron chi connectivity index (χ4n) is 1.87. The molecule has 0 atom stereocenters. The van der Waals surface area contributed by atoms with E-state index in [9.17, 15) is 5.11 Å². The van der Waals surface area contributed by atoms with Crippen LogP contribution < -0.4 is 4.74 Å². The van der Waals surface area contributed by atoms with Gasteiger partial charge >= 0.3 is 0 Å². The second-order valence-corrected chi connectivity index (χ2v) is 4.70. The zero-order valence-corrected chi connectivity index (χ0v) is 10.9. The fourth-order valence-corrected chi connectivity index (χ4v) is 1.87. The van der Waals surface area contributed by atoms with Crippen LogP contribution in [-0.2, 0) is 0 Å². The Bertz CT molecular complexity index is 523. The van der Waals surface area contributed by atoms with E-state index in [4.69, 9.17) is 4.74 Å². The van der Waals surface area contributed by atoms with E-state index in [1.165, 1.54) is 0 Å². The van der Waals surface area contributed by atoms with Gasteiger partial charge in [0.2, 0.25) is 0 Å².